The van der Waals surface area contributed by atoms with Gasteiger partial charge in [-0.25, -0.2) is 0 Å². The van der Waals surface area contributed by atoms with E-state index in [4.69, 9.17) is 5.11 Å². The number of hydrogen-bond acceptors (Lipinski definition) is 4. The maximum Gasteiger partial charge on any atom is 0.321 e. The zero-order valence-electron chi connectivity index (χ0n) is 7.38. The number of nitrogens with one attached hydrogen (secondary N) is 1. The van der Waals surface area contributed by atoms with E-state index in [1.165, 1.54) is 0 Å². The first kappa shape index (κ1) is 9.48. The fraction of sp³-hybridized carbons (Fsp3) is 0.333. The van der Waals surface area contributed by atoms with Crippen LogP contribution in [-0.4, -0.2) is 27.9 Å². The fourth-order valence-electron chi connectivity index (χ4n) is 1.34. The average molecular weight is 210 g/mol. The summed E-state index contributed by atoms with van der Waals surface area (Å²) in [5.41, 5.74) is 1.03. The number of carbonyl (C=O) groups is 1. The fourth-order valence-corrected chi connectivity index (χ4v) is 2.55. The van der Waals surface area contributed by atoms with Crippen molar-refractivity contribution in [1.29, 1.82) is 0 Å². The first-order chi connectivity index (χ1) is 6.77. The first-order valence-electron chi connectivity index (χ1n) is 4.28. The van der Waals surface area contributed by atoms with Gasteiger partial charge in [0, 0.05) is 18.1 Å². The van der Waals surface area contributed by atoms with E-state index < -0.39 is 12.0 Å². The Bertz CT molecular complexity index is 331. The van der Waals surface area contributed by atoms with Gasteiger partial charge in [0.15, 0.2) is 0 Å². The molecule has 0 saturated carbocycles. The van der Waals surface area contributed by atoms with E-state index >= 15 is 0 Å². The quantitative estimate of drug-likeness (QED) is 0.758. The molecule has 14 heavy (non-hydrogen) atoms. The Morgan fingerprint density at radius 1 is 1.71 bits per heavy atom. The molecule has 0 spiro atoms. The van der Waals surface area contributed by atoms with Crippen LogP contribution in [0.1, 0.15) is 10.9 Å². The van der Waals surface area contributed by atoms with Crippen LogP contribution >= 0.6 is 11.8 Å². The number of nitrogens with zero attached hydrogens (tertiary/aromatic N) is 1. The highest BCUT2D eigenvalue weighted by Gasteiger charge is 2.30. The van der Waals surface area contributed by atoms with Crippen molar-refractivity contribution in [3.05, 3.63) is 30.1 Å². The van der Waals surface area contributed by atoms with Gasteiger partial charge in [0.05, 0.1) is 5.37 Å². The molecule has 0 aliphatic carbocycles. The molecule has 0 amide bonds. The van der Waals surface area contributed by atoms with Crippen molar-refractivity contribution in [1.82, 2.24) is 10.3 Å². The summed E-state index contributed by atoms with van der Waals surface area (Å²) in [5, 5.41) is 11.9. The standard InChI is InChI=1S/C9H10N2O2S/c12-9(13)7-5-14-8(11-7)6-2-1-3-10-4-6/h1-4,7-8,11H,5H2,(H,12,13)/t7-,8+/m1/s1. The summed E-state index contributed by atoms with van der Waals surface area (Å²) in [6, 6.07) is 3.36. The van der Waals surface area contributed by atoms with Crippen LogP contribution in [0, 0.1) is 0 Å². The van der Waals surface area contributed by atoms with Gasteiger partial charge in [0.1, 0.15) is 6.04 Å². The van der Waals surface area contributed by atoms with Crippen LogP contribution in [0.3, 0.4) is 0 Å². The zero-order chi connectivity index (χ0) is 9.97. The van der Waals surface area contributed by atoms with Gasteiger partial charge in [0.2, 0.25) is 0 Å². The van der Waals surface area contributed by atoms with Crippen molar-refractivity contribution < 1.29 is 9.90 Å². The van der Waals surface area contributed by atoms with Crippen molar-refractivity contribution in [3.8, 4) is 0 Å². The predicted molar refractivity (Wildman–Crippen MR) is 54.0 cm³/mol. The topological polar surface area (TPSA) is 62.2 Å². The van der Waals surface area contributed by atoms with Crippen molar-refractivity contribution in [3.63, 3.8) is 0 Å². The molecule has 1 saturated heterocycles. The number of thioether (sulfide) groups is 1. The Balaban J connectivity index is 2.06. The predicted octanol–water partition coefficient (Wildman–Crippen LogP) is 0.870. The highest BCUT2D eigenvalue weighted by molar-refractivity contribution is 7.99. The summed E-state index contributed by atoms with van der Waals surface area (Å²) >= 11 is 1.60. The van der Waals surface area contributed by atoms with Gasteiger partial charge in [-0.05, 0) is 11.6 Å². The Morgan fingerprint density at radius 2 is 2.57 bits per heavy atom. The molecule has 0 bridgehead atoms. The Morgan fingerprint density at radius 3 is 3.14 bits per heavy atom. The molecule has 2 atom stereocenters. The zero-order valence-corrected chi connectivity index (χ0v) is 8.20. The first-order valence-corrected chi connectivity index (χ1v) is 5.32. The maximum atomic E-state index is 10.7. The van der Waals surface area contributed by atoms with Crippen LogP contribution in [0.25, 0.3) is 0 Å². The summed E-state index contributed by atoms with van der Waals surface area (Å²) in [6.45, 7) is 0. The van der Waals surface area contributed by atoms with Crippen LogP contribution in [-0.2, 0) is 4.79 Å². The van der Waals surface area contributed by atoms with E-state index in [2.05, 4.69) is 10.3 Å². The van der Waals surface area contributed by atoms with Crippen LogP contribution < -0.4 is 5.32 Å². The van der Waals surface area contributed by atoms with Crippen molar-refractivity contribution in [2.45, 2.75) is 11.4 Å². The molecule has 0 aromatic carbocycles. The highest BCUT2D eigenvalue weighted by Crippen LogP contribution is 2.31. The van der Waals surface area contributed by atoms with Crippen LogP contribution in [0.4, 0.5) is 0 Å². The van der Waals surface area contributed by atoms with Crippen molar-refractivity contribution >= 4 is 17.7 Å². The third kappa shape index (κ3) is 1.88. The molecule has 0 unspecified atom stereocenters. The third-order valence-electron chi connectivity index (χ3n) is 2.07. The molecule has 1 aromatic rings. The van der Waals surface area contributed by atoms with Gasteiger partial charge < -0.3 is 5.11 Å². The number of carboxylic acids is 1. The molecule has 74 valence electrons. The van der Waals surface area contributed by atoms with Gasteiger partial charge in [0.25, 0.3) is 0 Å². The highest BCUT2D eigenvalue weighted by atomic mass is 32.2. The largest absolute Gasteiger partial charge is 0.480 e. The molecule has 2 N–H and O–H groups in total. The Kier molecular flexibility index (Phi) is 2.69. The molecule has 1 fully saturated rings. The second-order valence-electron chi connectivity index (χ2n) is 3.06. The normalized spacial score (nSPS) is 26.3. The monoisotopic (exact) mass is 210 g/mol. The number of rotatable bonds is 2. The summed E-state index contributed by atoms with van der Waals surface area (Å²) in [4.78, 5) is 14.7. The molecule has 1 aromatic heterocycles. The smallest absolute Gasteiger partial charge is 0.321 e. The molecular weight excluding hydrogens is 200 g/mol. The summed E-state index contributed by atoms with van der Waals surface area (Å²) in [7, 11) is 0. The molecule has 1 aliphatic heterocycles. The molecule has 4 nitrogen and oxygen atoms in total. The van der Waals surface area contributed by atoms with E-state index in [0.717, 1.165) is 5.56 Å². The van der Waals surface area contributed by atoms with E-state index in [1.54, 1.807) is 24.2 Å². The number of aliphatic carboxylic acids is 1. The molecule has 1 aliphatic rings. The SMILES string of the molecule is O=C(O)[C@H]1CS[C@@H](c2cccnc2)N1. The van der Waals surface area contributed by atoms with E-state index in [1.807, 2.05) is 12.1 Å². The van der Waals surface area contributed by atoms with Gasteiger partial charge in [-0.15, -0.1) is 11.8 Å². The lowest BCUT2D eigenvalue weighted by Gasteiger charge is -2.09. The van der Waals surface area contributed by atoms with Gasteiger partial charge in [-0.1, -0.05) is 6.07 Å². The second kappa shape index (κ2) is 3.98. The molecule has 0 radical (unpaired) electrons. The summed E-state index contributed by atoms with van der Waals surface area (Å²) < 4.78 is 0. The number of carboxylic acid groups (broad SMARTS) is 1. The summed E-state index contributed by atoms with van der Waals surface area (Å²) in [5.74, 6) is -0.182. The van der Waals surface area contributed by atoms with E-state index in [-0.39, 0.29) is 5.37 Å². The van der Waals surface area contributed by atoms with Gasteiger partial charge in [-0.3, -0.25) is 15.1 Å². The van der Waals surface area contributed by atoms with Crippen molar-refractivity contribution in [2.24, 2.45) is 0 Å². The number of aromatic nitrogens is 1. The minimum absolute atomic E-state index is 0.0600. The van der Waals surface area contributed by atoms with Crippen LogP contribution in [0.5, 0.6) is 0 Å². The lowest BCUT2D eigenvalue weighted by molar-refractivity contribution is -0.138. The van der Waals surface area contributed by atoms with E-state index in [9.17, 15) is 4.79 Å². The minimum Gasteiger partial charge on any atom is -0.480 e. The number of pyridine rings is 1. The van der Waals surface area contributed by atoms with Crippen LogP contribution in [0.2, 0.25) is 0 Å². The maximum absolute atomic E-state index is 10.7. The third-order valence-corrected chi connectivity index (χ3v) is 3.33. The van der Waals surface area contributed by atoms with Gasteiger partial charge >= 0.3 is 5.97 Å². The van der Waals surface area contributed by atoms with Crippen LogP contribution in [0.15, 0.2) is 24.5 Å². The van der Waals surface area contributed by atoms with Gasteiger partial charge in [-0.2, -0.15) is 0 Å². The Hall–Kier alpha value is -1.07. The van der Waals surface area contributed by atoms with Crippen molar-refractivity contribution in [2.75, 3.05) is 5.75 Å². The average Bonchev–Trinajstić information content (AvgIpc) is 2.68. The molecule has 2 rings (SSSR count). The lowest BCUT2D eigenvalue weighted by Crippen LogP contribution is -2.33. The molecule has 2 heterocycles. The summed E-state index contributed by atoms with van der Waals surface area (Å²) in [6.07, 6.45) is 3.46. The molecule has 5 heteroatoms. The minimum atomic E-state index is -0.788. The van der Waals surface area contributed by atoms with E-state index in [0.29, 0.717) is 5.75 Å². The second-order valence-corrected chi connectivity index (χ2v) is 4.20. The molecular formula is C9H10N2O2S. The Labute approximate surface area is 85.7 Å². The number of hydrogen-bond donors (Lipinski definition) is 2. The lowest BCUT2D eigenvalue weighted by atomic mass is 10.2.